The molecule has 0 aromatic heterocycles. The van der Waals surface area contributed by atoms with Gasteiger partial charge in [0.2, 0.25) is 0 Å². The molecule has 11 heavy (non-hydrogen) atoms. The van der Waals surface area contributed by atoms with Crippen LogP contribution < -0.4 is 5.32 Å². The predicted octanol–water partition coefficient (Wildman–Crippen LogP) is 1.11. The fourth-order valence-electron chi connectivity index (χ4n) is 1.17. The molecule has 0 radical (unpaired) electrons. The lowest BCUT2D eigenvalue weighted by atomic mass is 10.5. The molecule has 2 heteroatoms. The smallest absolute Gasteiger partial charge is 0.270 e. The number of nitrogens with zero attached hydrogens (tertiary/aromatic N) is 1. The molecule has 1 aliphatic rings. The van der Waals surface area contributed by atoms with Gasteiger partial charge in [0.1, 0.15) is 13.1 Å². The average molecular weight is 151 g/mol. The number of rotatable bonds is 2. The van der Waals surface area contributed by atoms with Crippen molar-refractivity contribution in [1.82, 2.24) is 5.32 Å². The second-order valence-corrected chi connectivity index (χ2v) is 2.49. The monoisotopic (exact) mass is 151 g/mol. The third-order valence-electron chi connectivity index (χ3n) is 1.62. The predicted molar refractivity (Wildman–Crippen MR) is 47.8 cm³/mol. The van der Waals surface area contributed by atoms with Gasteiger partial charge in [-0.05, 0) is 19.9 Å². The van der Waals surface area contributed by atoms with Crippen molar-refractivity contribution in [3.8, 4) is 0 Å². The molecule has 0 fully saturated rings. The Bertz CT molecular complexity index is 190. The SMILES string of the molecule is CC=CC1=[N+](C=CC)CCN1. The first-order valence-corrected chi connectivity index (χ1v) is 4.01. The van der Waals surface area contributed by atoms with Crippen LogP contribution in [0.15, 0.2) is 24.4 Å². The Morgan fingerprint density at radius 3 is 2.82 bits per heavy atom. The first-order valence-electron chi connectivity index (χ1n) is 4.01. The molecular formula is C9H15N2+. The highest BCUT2D eigenvalue weighted by Gasteiger charge is 2.14. The Kier molecular flexibility index (Phi) is 2.90. The Labute approximate surface area is 67.9 Å². The first-order chi connectivity index (χ1) is 5.38. The third-order valence-corrected chi connectivity index (χ3v) is 1.62. The molecule has 0 aliphatic carbocycles. The van der Waals surface area contributed by atoms with Gasteiger partial charge in [-0.25, -0.2) is 4.58 Å². The quantitative estimate of drug-likeness (QED) is 0.584. The van der Waals surface area contributed by atoms with E-state index in [4.69, 9.17) is 0 Å². The second kappa shape index (κ2) is 3.96. The number of nitrogens with one attached hydrogen (secondary N) is 1. The van der Waals surface area contributed by atoms with Gasteiger partial charge in [0.05, 0.1) is 6.20 Å². The Balaban J connectivity index is 2.77. The largest absolute Gasteiger partial charge is 0.274 e. The maximum atomic E-state index is 3.30. The van der Waals surface area contributed by atoms with E-state index in [-0.39, 0.29) is 0 Å². The highest BCUT2D eigenvalue weighted by molar-refractivity contribution is 5.89. The minimum absolute atomic E-state index is 1.05. The van der Waals surface area contributed by atoms with E-state index in [2.05, 4.69) is 28.2 Å². The summed E-state index contributed by atoms with van der Waals surface area (Å²) in [7, 11) is 0. The standard InChI is InChI=1S/C9H14N2/c1-3-5-9-10-6-8-11(9)7-4-2/h3-5,7H,6,8H2,1-2H3/p+1. The van der Waals surface area contributed by atoms with Crippen LogP contribution in [0.3, 0.4) is 0 Å². The first kappa shape index (κ1) is 8.05. The highest BCUT2D eigenvalue weighted by atomic mass is 15.2. The molecule has 1 heterocycles. The summed E-state index contributed by atoms with van der Waals surface area (Å²) in [5.41, 5.74) is 0. The normalized spacial score (nSPS) is 18.7. The van der Waals surface area contributed by atoms with E-state index in [0.29, 0.717) is 0 Å². The molecule has 0 saturated carbocycles. The van der Waals surface area contributed by atoms with Crippen molar-refractivity contribution >= 4 is 5.84 Å². The molecule has 0 saturated heterocycles. The maximum Gasteiger partial charge on any atom is 0.274 e. The summed E-state index contributed by atoms with van der Waals surface area (Å²) in [6, 6.07) is 0. The highest BCUT2D eigenvalue weighted by Crippen LogP contribution is 1.90. The van der Waals surface area contributed by atoms with Crippen LogP contribution in [0.5, 0.6) is 0 Å². The molecule has 0 unspecified atom stereocenters. The Hall–Kier alpha value is -1.05. The van der Waals surface area contributed by atoms with Crippen LogP contribution in [0.2, 0.25) is 0 Å². The molecule has 0 aromatic carbocycles. The average Bonchev–Trinajstić information content (AvgIpc) is 2.39. The van der Waals surface area contributed by atoms with E-state index in [1.54, 1.807) is 0 Å². The molecule has 1 N–H and O–H groups in total. The van der Waals surface area contributed by atoms with Gasteiger partial charge in [-0.1, -0.05) is 6.08 Å². The van der Waals surface area contributed by atoms with Crippen molar-refractivity contribution in [3.05, 3.63) is 24.4 Å². The van der Waals surface area contributed by atoms with Crippen molar-refractivity contribution < 1.29 is 4.58 Å². The summed E-state index contributed by atoms with van der Waals surface area (Å²) in [4.78, 5) is 0. The van der Waals surface area contributed by atoms with E-state index in [1.165, 1.54) is 5.84 Å². The van der Waals surface area contributed by atoms with Gasteiger partial charge in [0.25, 0.3) is 5.84 Å². The number of allylic oxidation sites excluding steroid dienone is 2. The van der Waals surface area contributed by atoms with Crippen molar-refractivity contribution in [3.63, 3.8) is 0 Å². The molecule has 0 bridgehead atoms. The third kappa shape index (κ3) is 1.93. The van der Waals surface area contributed by atoms with Gasteiger partial charge in [0.15, 0.2) is 0 Å². The fraction of sp³-hybridized carbons (Fsp3) is 0.444. The summed E-state index contributed by atoms with van der Waals surface area (Å²) in [5, 5.41) is 3.30. The topological polar surface area (TPSA) is 15.0 Å². The molecule has 0 spiro atoms. The van der Waals surface area contributed by atoms with Crippen LogP contribution in [-0.4, -0.2) is 23.5 Å². The zero-order chi connectivity index (χ0) is 8.10. The summed E-state index contributed by atoms with van der Waals surface area (Å²) < 4.78 is 2.21. The van der Waals surface area contributed by atoms with Gasteiger partial charge in [-0.3, -0.25) is 5.32 Å². The lowest BCUT2D eigenvalue weighted by Gasteiger charge is -1.90. The van der Waals surface area contributed by atoms with Crippen LogP contribution in [0.1, 0.15) is 13.8 Å². The van der Waals surface area contributed by atoms with Gasteiger partial charge in [-0.15, -0.1) is 0 Å². The summed E-state index contributed by atoms with van der Waals surface area (Å²) in [5.74, 6) is 1.20. The number of hydrogen-bond donors (Lipinski definition) is 1. The Morgan fingerprint density at radius 1 is 1.36 bits per heavy atom. The van der Waals surface area contributed by atoms with E-state index < -0.39 is 0 Å². The van der Waals surface area contributed by atoms with Crippen molar-refractivity contribution in [2.75, 3.05) is 13.1 Å². The molecule has 60 valence electrons. The van der Waals surface area contributed by atoms with Gasteiger partial charge in [0, 0.05) is 6.08 Å². The molecule has 2 nitrogen and oxygen atoms in total. The van der Waals surface area contributed by atoms with Gasteiger partial charge in [-0.2, -0.15) is 0 Å². The van der Waals surface area contributed by atoms with Crippen molar-refractivity contribution in [2.45, 2.75) is 13.8 Å². The maximum absolute atomic E-state index is 3.30. The van der Waals surface area contributed by atoms with Crippen LogP contribution >= 0.6 is 0 Å². The van der Waals surface area contributed by atoms with E-state index >= 15 is 0 Å². The van der Waals surface area contributed by atoms with Crippen molar-refractivity contribution in [2.24, 2.45) is 0 Å². The van der Waals surface area contributed by atoms with Gasteiger partial charge >= 0.3 is 0 Å². The fourth-order valence-corrected chi connectivity index (χ4v) is 1.17. The van der Waals surface area contributed by atoms with Crippen LogP contribution in [0.4, 0.5) is 0 Å². The number of hydrogen-bond acceptors (Lipinski definition) is 1. The van der Waals surface area contributed by atoms with E-state index in [1.807, 2.05) is 19.9 Å². The van der Waals surface area contributed by atoms with E-state index in [9.17, 15) is 0 Å². The molecule has 0 atom stereocenters. The molecule has 1 rings (SSSR count). The Morgan fingerprint density at radius 2 is 2.18 bits per heavy atom. The minimum Gasteiger partial charge on any atom is -0.270 e. The summed E-state index contributed by atoms with van der Waals surface area (Å²) in [6.45, 7) is 6.18. The van der Waals surface area contributed by atoms with Crippen LogP contribution in [-0.2, 0) is 0 Å². The zero-order valence-corrected chi connectivity index (χ0v) is 7.17. The molecular weight excluding hydrogens is 136 g/mol. The molecule has 1 aliphatic heterocycles. The molecule has 0 amide bonds. The summed E-state index contributed by atoms with van der Waals surface area (Å²) >= 11 is 0. The van der Waals surface area contributed by atoms with Gasteiger partial charge < -0.3 is 0 Å². The van der Waals surface area contributed by atoms with Crippen LogP contribution in [0.25, 0.3) is 0 Å². The lowest BCUT2D eigenvalue weighted by molar-refractivity contribution is -0.444. The minimum atomic E-state index is 1.05. The zero-order valence-electron chi connectivity index (χ0n) is 7.17. The van der Waals surface area contributed by atoms with Crippen LogP contribution in [0, 0.1) is 0 Å². The lowest BCUT2D eigenvalue weighted by Crippen LogP contribution is -2.17. The second-order valence-electron chi connectivity index (χ2n) is 2.49. The number of amidine groups is 1. The summed E-state index contributed by atoms with van der Waals surface area (Å²) in [6.07, 6.45) is 8.28. The van der Waals surface area contributed by atoms with Crippen molar-refractivity contribution in [1.29, 1.82) is 0 Å². The van der Waals surface area contributed by atoms with E-state index in [0.717, 1.165) is 13.1 Å². The molecule has 0 aromatic rings.